The van der Waals surface area contributed by atoms with E-state index in [9.17, 15) is 4.79 Å². The second kappa shape index (κ2) is 5.45. The van der Waals surface area contributed by atoms with Gasteiger partial charge in [-0.2, -0.15) is 0 Å². The van der Waals surface area contributed by atoms with E-state index in [2.05, 4.69) is 50.4 Å². The molecule has 0 radical (unpaired) electrons. The molecule has 0 saturated carbocycles. The van der Waals surface area contributed by atoms with Gasteiger partial charge in [0.05, 0.1) is 0 Å². The molecule has 0 atom stereocenters. The van der Waals surface area contributed by atoms with Gasteiger partial charge in [-0.3, -0.25) is 4.79 Å². The van der Waals surface area contributed by atoms with Crippen LogP contribution in [0.5, 0.6) is 0 Å². The van der Waals surface area contributed by atoms with Crippen molar-refractivity contribution in [3.63, 3.8) is 0 Å². The van der Waals surface area contributed by atoms with Crippen LogP contribution in [-0.2, 0) is 19.5 Å². The van der Waals surface area contributed by atoms with Gasteiger partial charge in [-0.15, -0.1) is 0 Å². The molecule has 2 aromatic carbocycles. The molecule has 1 aliphatic rings. The average molecular weight is 279 g/mol. The Morgan fingerprint density at radius 2 is 1.67 bits per heavy atom. The number of hydrogen-bond donors (Lipinski definition) is 1. The fraction of sp³-hybridized carbons (Fsp3) is 0.316. The van der Waals surface area contributed by atoms with E-state index in [4.69, 9.17) is 0 Å². The molecule has 0 bridgehead atoms. The Hall–Kier alpha value is -1.93. The first-order chi connectivity index (χ1) is 10.0. The summed E-state index contributed by atoms with van der Waals surface area (Å²) in [6, 6.07) is 10.4. The first-order valence-corrected chi connectivity index (χ1v) is 7.47. The fourth-order valence-corrected chi connectivity index (χ4v) is 3.22. The number of fused-ring (bicyclic) bond motifs is 1. The van der Waals surface area contributed by atoms with Gasteiger partial charge in [0.1, 0.15) is 0 Å². The molecule has 0 aliphatic carbocycles. The molecule has 1 aliphatic heterocycles. The fourth-order valence-electron chi connectivity index (χ4n) is 3.22. The van der Waals surface area contributed by atoms with Crippen LogP contribution in [0.3, 0.4) is 0 Å². The summed E-state index contributed by atoms with van der Waals surface area (Å²) < 4.78 is 0. The molecule has 0 unspecified atom stereocenters. The van der Waals surface area contributed by atoms with Crippen LogP contribution < -0.4 is 5.32 Å². The first kappa shape index (κ1) is 14.0. The Balaban J connectivity index is 1.87. The summed E-state index contributed by atoms with van der Waals surface area (Å²) >= 11 is 0. The minimum Gasteiger partial charge on any atom is -0.309 e. The van der Waals surface area contributed by atoms with Crippen molar-refractivity contribution in [3.8, 4) is 0 Å². The highest BCUT2D eigenvalue weighted by molar-refractivity contribution is 5.98. The van der Waals surface area contributed by atoms with Crippen molar-refractivity contribution >= 4 is 5.78 Å². The van der Waals surface area contributed by atoms with E-state index < -0.39 is 0 Å². The van der Waals surface area contributed by atoms with E-state index in [-0.39, 0.29) is 5.78 Å². The first-order valence-electron chi connectivity index (χ1n) is 7.47. The summed E-state index contributed by atoms with van der Waals surface area (Å²) in [5.74, 6) is 0.208. The van der Waals surface area contributed by atoms with Crippen molar-refractivity contribution in [2.45, 2.75) is 40.3 Å². The number of hydrogen-bond acceptors (Lipinski definition) is 2. The van der Waals surface area contributed by atoms with Crippen molar-refractivity contribution in [3.05, 3.63) is 69.3 Å². The van der Waals surface area contributed by atoms with Crippen LogP contribution in [0.4, 0.5) is 0 Å². The SMILES string of the molecule is Cc1cc(C)c(CC(=O)c2ccc3c(c2)CNC3)c(C)c1. The van der Waals surface area contributed by atoms with Crippen LogP contribution >= 0.6 is 0 Å². The number of carbonyl (C=O) groups excluding carboxylic acids is 1. The number of benzene rings is 2. The van der Waals surface area contributed by atoms with Gasteiger partial charge in [0.15, 0.2) is 5.78 Å². The maximum atomic E-state index is 12.6. The summed E-state index contributed by atoms with van der Waals surface area (Å²) in [4.78, 5) is 12.6. The van der Waals surface area contributed by atoms with Gasteiger partial charge in [-0.1, -0.05) is 29.8 Å². The van der Waals surface area contributed by atoms with Gasteiger partial charge in [0, 0.05) is 25.1 Å². The maximum Gasteiger partial charge on any atom is 0.167 e. The highest BCUT2D eigenvalue weighted by Crippen LogP contribution is 2.21. The minimum atomic E-state index is 0.208. The maximum absolute atomic E-state index is 12.6. The van der Waals surface area contributed by atoms with Crippen LogP contribution in [0.15, 0.2) is 30.3 Å². The number of nitrogens with one attached hydrogen (secondary N) is 1. The van der Waals surface area contributed by atoms with Crippen LogP contribution in [-0.4, -0.2) is 5.78 Å². The lowest BCUT2D eigenvalue weighted by Gasteiger charge is -2.11. The Morgan fingerprint density at radius 3 is 2.38 bits per heavy atom. The van der Waals surface area contributed by atoms with Crippen LogP contribution in [0.25, 0.3) is 0 Å². The third kappa shape index (κ3) is 2.77. The van der Waals surface area contributed by atoms with E-state index >= 15 is 0 Å². The average Bonchev–Trinajstić information content (AvgIpc) is 2.89. The minimum absolute atomic E-state index is 0.208. The zero-order valence-electron chi connectivity index (χ0n) is 12.9. The number of aryl methyl sites for hydroxylation is 3. The molecule has 1 N–H and O–H groups in total. The van der Waals surface area contributed by atoms with E-state index in [1.807, 2.05) is 6.07 Å². The number of ketones is 1. The zero-order chi connectivity index (χ0) is 15.0. The summed E-state index contributed by atoms with van der Waals surface area (Å²) in [5.41, 5.74) is 8.26. The molecule has 0 saturated heterocycles. The number of Topliss-reactive ketones (excluding diaryl/α,β-unsaturated/α-hetero) is 1. The normalized spacial score (nSPS) is 13.3. The predicted molar refractivity (Wildman–Crippen MR) is 85.7 cm³/mol. The van der Waals surface area contributed by atoms with Crippen molar-refractivity contribution in [2.24, 2.45) is 0 Å². The molecule has 108 valence electrons. The second-order valence-electron chi connectivity index (χ2n) is 6.06. The molecule has 3 rings (SSSR count). The Kier molecular flexibility index (Phi) is 3.64. The second-order valence-corrected chi connectivity index (χ2v) is 6.06. The largest absolute Gasteiger partial charge is 0.309 e. The third-order valence-corrected chi connectivity index (χ3v) is 4.34. The third-order valence-electron chi connectivity index (χ3n) is 4.34. The Labute approximate surface area is 126 Å². The quantitative estimate of drug-likeness (QED) is 0.869. The summed E-state index contributed by atoms with van der Waals surface area (Å²) in [6.07, 6.45) is 0.490. The van der Waals surface area contributed by atoms with E-state index in [0.29, 0.717) is 6.42 Å². The van der Waals surface area contributed by atoms with Gasteiger partial charge in [-0.25, -0.2) is 0 Å². The van der Waals surface area contributed by atoms with Crippen LogP contribution in [0.1, 0.15) is 43.7 Å². The highest BCUT2D eigenvalue weighted by atomic mass is 16.1. The molecule has 2 nitrogen and oxygen atoms in total. The van der Waals surface area contributed by atoms with Crippen molar-refractivity contribution in [1.82, 2.24) is 5.32 Å². The lowest BCUT2D eigenvalue weighted by Crippen LogP contribution is -2.07. The lowest BCUT2D eigenvalue weighted by atomic mass is 9.93. The molecular formula is C19H21NO. The van der Waals surface area contributed by atoms with Gasteiger partial charge < -0.3 is 5.32 Å². The van der Waals surface area contributed by atoms with Crippen LogP contribution in [0, 0.1) is 20.8 Å². The Bertz CT molecular complexity index is 692. The van der Waals surface area contributed by atoms with Crippen molar-refractivity contribution in [1.29, 1.82) is 0 Å². The van der Waals surface area contributed by atoms with Gasteiger partial charge >= 0.3 is 0 Å². The molecule has 1 heterocycles. The smallest absolute Gasteiger partial charge is 0.167 e. The molecule has 0 amide bonds. The van der Waals surface area contributed by atoms with E-state index in [1.165, 1.54) is 33.4 Å². The molecule has 0 fully saturated rings. The zero-order valence-corrected chi connectivity index (χ0v) is 12.9. The topological polar surface area (TPSA) is 29.1 Å². The predicted octanol–water partition coefficient (Wildman–Crippen LogP) is 3.64. The number of carbonyl (C=O) groups is 1. The van der Waals surface area contributed by atoms with Gasteiger partial charge in [0.25, 0.3) is 0 Å². The summed E-state index contributed by atoms with van der Waals surface area (Å²) in [6.45, 7) is 8.07. The van der Waals surface area contributed by atoms with E-state index in [0.717, 1.165) is 18.7 Å². The molecule has 21 heavy (non-hydrogen) atoms. The van der Waals surface area contributed by atoms with E-state index in [1.54, 1.807) is 0 Å². The van der Waals surface area contributed by atoms with Gasteiger partial charge in [0.2, 0.25) is 0 Å². The lowest BCUT2D eigenvalue weighted by molar-refractivity contribution is 0.0992. The molecule has 2 heteroatoms. The number of rotatable bonds is 3. The molecule has 2 aromatic rings. The molecular weight excluding hydrogens is 258 g/mol. The van der Waals surface area contributed by atoms with Crippen molar-refractivity contribution in [2.75, 3.05) is 0 Å². The Morgan fingerprint density at radius 1 is 1.00 bits per heavy atom. The summed E-state index contributed by atoms with van der Waals surface area (Å²) in [5, 5.41) is 3.32. The monoisotopic (exact) mass is 279 g/mol. The molecule has 0 spiro atoms. The highest BCUT2D eigenvalue weighted by Gasteiger charge is 2.15. The van der Waals surface area contributed by atoms with Crippen molar-refractivity contribution < 1.29 is 4.79 Å². The van der Waals surface area contributed by atoms with Crippen LogP contribution in [0.2, 0.25) is 0 Å². The van der Waals surface area contributed by atoms with Gasteiger partial charge in [-0.05, 0) is 54.7 Å². The molecule has 0 aromatic heterocycles. The standard InChI is InChI=1S/C19H21NO/c1-12-6-13(2)18(14(3)7-12)9-19(21)15-4-5-16-10-20-11-17(16)8-15/h4-8,20H,9-11H2,1-3H3. The summed E-state index contributed by atoms with van der Waals surface area (Å²) in [7, 11) is 0.